The molecular weight excluding hydrogens is 354 g/mol. The molecule has 0 bridgehead atoms. The molecule has 1 amide bonds. The van der Waals surface area contributed by atoms with Crippen LogP contribution in [0, 0.1) is 0 Å². The highest BCUT2D eigenvalue weighted by molar-refractivity contribution is 7.89. The molecule has 0 atom stereocenters. The van der Waals surface area contributed by atoms with E-state index in [1.807, 2.05) is 6.92 Å². The zero-order chi connectivity index (χ0) is 19.0. The number of unbranched alkanes of at least 4 members (excludes halogenated alkanes) is 1. The van der Waals surface area contributed by atoms with E-state index in [4.69, 9.17) is 4.74 Å². The zero-order valence-electron chi connectivity index (χ0n) is 15.6. The smallest absolute Gasteiger partial charge is 0.251 e. The topological polar surface area (TPSA) is 79.0 Å². The van der Waals surface area contributed by atoms with Crippen LogP contribution in [0.4, 0.5) is 0 Å². The van der Waals surface area contributed by atoms with Crippen LogP contribution in [0.3, 0.4) is 0 Å². The van der Waals surface area contributed by atoms with Crippen LogP contribution < -0.4 is 5.32 Å². The number of hydrogen-bond acceptors (Lipinski definition) is 5. The predicted molar refractivity (Wildman–Crippen MR) is 101 cm³/mol. The summed E-state index contributed by atoms with van der Waals surface area (Å²) >= 11 is 0. The largest absolute Gasteiger partial charge is 0.379 e. The van der Waals surface area contributed by atoms with Gasteiger partial charge in [0.25, 0.3) is 5.91 Å². The molecule has 1 fully saturated rings. The van der Waals surface area contributed by atoms with Crippen molar-refractivity contribution in [3.8, 4) is 0 Å². The molecule has 0 spiro atoms. The molecule has 7 nitrogen and oxygen atoms in total. The van der Waals surface area contributed by atoms with Crippen molar-refractivity contribution in [3.63, 3.8) is 0 Å². The fourth-order valence-electron chi connectivity index (χ4n) is 2.71. The van der Waals surface area contributed by atoms with Gasteiger partial charge >= 0.3 is 0 Å². The lowest BCUT2D eigenvalue weighted by atomic mass is 10.2. The van der Waals surface area contributed by atoms with E-state index in [0.29, 0.717) is 18.7 Å². The Morgan fingerprint density at radius 1 is 1.23 bits per heavy atom. The third-order valence-electron chi connectivity index (χ3n) is 4.47. The second kappa shape index (κ2) is 10.0. The standard InChI is InChI=1S/C18H29N3O4S/c1-3-4-10-20(2)26(23,24)17-7-5-16(6-8-17)18(22)19-9-11-21-12-14-25-15-13-21/h5-8H,3-4,9-15H2,1-2H3,(H,19,22). The van der Waals surface area contributed by atoms with Crippen LogP contribution >= 0.6 is 0 Å². The molecule has 1 N–H and O–H groups in total. The maximum atomic E-state index is 12.5. The van der Waals surface area contributed by atoms with Crippen LogP contribution in [-0.4, -0.2) is 76.5 Å². The van der Waals surface area contributed by atoms with Crippen molar-refractivity contribution < 1.29 is 17.9 Å². The highest BCUT2D eigenvalue weighted by Crippen LogP contribution is 2.15. The van der Waals surface area contributed by atoms with E-state index in [1.54, 1.807) is 19.2 Å². The Morgan fingerprint density at radius 3 is 2.50 bits per heavy atom. The summed E-state index contributed by atoms with van der Waals surface area (Å²) in [6.07, 6.45) is 1.75. The van der Waals surface area contributed by atoms with Gasteiger partial charge in [-0.2, -0.15) is 0 Å². The summed E-state index contributed by atoms with van der Waals surface area (Å²) < 4.78 is 31.6. The quantitative estimate of drug-likeness (QED) is 0.693. The third kappa shape index (κ3) is 5.77. The van der Waals surface area contributed by atoms with Gasteiger partial charge < -0.3 is 10.1 Å². The van der Waals surface area contributed by atoms with E-state index in [2.05, 4.69) is 10.2 Å². The summed E-state index contributed by atoms with van der Waals surface area (Å²) in [5.74, 6) is -0.193. The van der Waals surface area contributed by atoms with Crippen LogP contribution in [-0.2, 0) is 14.8 Å². The second-order valence-electron chi connectivity index (χ2n) is 6.41. The molecule has 0 radical (unpaired) electrons. The summed E-state index contributed by atoms with van der Waals surface area (Å²) in [5.41, 5.74) is 0.460. The molecule has 1 heterocycles. The minimum atomic E-state index is -3.50. The molecule has 1 saturated heterocycles. The first-order valence-electron chi connectivity index (χ1n) is 9.10. The van der Waals surface area contributed by atoms with Crippen molar-refractivity contribution >= 4 is 15.9 Å². The Kier molecular flexibility index (Phi) is 8.02. The number of nitrogens with one attached hydrogen (secondary N) is 1. The fourth-order valence-corrected chi connectivity index (χ4v) is 3.92. The van der Waals surface area contributed by atoms with E-state index in [9.17, 15) is 13.2 Å². The van der Waals surface area contributed by atoms with Gasteiger partial charge in [0.1, 0.15) is 0 Å². The van der Waals surface area contributed by atoms with Gasteiger partial charge in [0.2, 0.25) is 10.0 Å². The predicted octanol–water partition coefficient (Wildman–Crippen LogP) is 1.17. The lowest BCUT2D eigenvalue weighted by Crippen LogP contribution is -2.41. The summed E-state index contributed by atoms with van der Waals surface area (Å²) in [5, 5.41) is 2.87. The summed E-state index contributed by atoms with van der Waals surface area (Å²) in [6.45, 7) is 7.08. The molecule has 2 rings (SSSR count). The average Bonchev–Trinajstić information content (AvgIpc) is 2.66. The number of rotatable bonds is 9. The van der Waals surface area contributed by atoms with E-state index >= 15 is 0 Å². The summed E-state index contributed by atoms with van der Waals surface area (Å²) in [6, 6.07) is 6.11. The van der Waals surface area contributed by atoms with Crippen LogP contribution in [0.1, 0.15) is 30.1 Å². The molecule has 26 heavy (non-hydrogen) atoms. The number of morpholine rings is 1. The Hall–Kier alpha value is -1.48. The average molecular weight is 384 g/mol. The van der Waals surface area contributed by atoms with Crippen LogP contribution in [0.15, 0.2) is 29.2 Å². The minimum Gasteiger partial charge on any atom is -0.379 e. The molecule has 1 aliphatic heterocycles. The van der Waals surface area contributed by atoms with Crippen molar-refractivity contribution in [1.29, 1.82) is 0 Å². The van der Waals surface area contributed by atoms with Gasteiger partial charge in [0.15, 0.2) is 0 Å². The molecule has 0 unspecified atom stereocenters. The van der Waals surface area contributed by atoms with Crippen molar-refractivity contribution in [2.24, 2.45) is 0 Å². The van der Waals surface area contributed by atoms with Gasteiger partial charge in [-0.25, -0.2) is 12.7 Å². The number of ether oxygens (including phenoxy) is 1. The van der Waals surface area contributed by atoms with Crippen LogP contribution in [0.2, 0.25) is 0 Å². The highest BCUT2D eigenvalue weighted by atomic mass is 32.2. The number of carbonyl (C=O) groups is 1. The lowest BCUT2D eigenvalue weighted by Gasteiger charge is -2.26. The highest BCUT2D eigenvalue weighted by Gasteiger charge is 2.20. The number of sulfonamides is 1. The van der Waals surface area contributed by atoms with Crippen molar-refractivity contribution in [2.75, 3.05) is 53.0 Å². The Labute approximate surface area is 156 Å². The van der Waals surface area contributed by atoms with Crippen LogP contribution in [0.25, 0.3) is 0 Å². The van der Waals surface area contributed by atoms with Crippen molar-refractivity contribution in [1.82, 2.24) is 14.5 Å². The SMILES string of the molecule is CCCCN(C)S(=O)(=O)c1ccc(C(=O)NCCN2CCOCC2)cc1. The van der Waals surface area contributed by atoms with Crippen LogP contribution in [0.5, 0.6) is 0 Å². The minimum absolute atomic E-state index is 0.193. The van der Waals surface area contributed by atoms with Gasteiger partial charge in [-0.1, -0.05) is 13.3 Å². The van der Waals surface area contributed by atoms with Gasteiger partial charge in [-0.05, 0) is 30.7 Å². The molecule has 0 aromatic heterocycles. The first-order valence-corrected chi connectivity index (χ1v) is 10.5. The van der Waals surface area contributed by atoms with E-state index in [0.717, 1.165) is 45.7 Å². The molecule has 146 valence electrons. The Bertz CT molecular complexity index is 670. The fraction of sp³-hybridized carbons (Fsp3) is 0.611. The lowest BCUT2D eigenvalue weighted by molar-refractivity contribution is 0.0383. The van der Waals surface area contributed by atoms with Gasteiger partial charge in [-0.15, -0.1) is 0 Å². The molecule has 8 heteroatoms. The summed E-state index contributed by atoms with van der Waals surface area (Å²) in [4.78, 5) is 14.7. The number of carbonyl (C=O) groups excluding carboxylic acids is 1. The Balaban J connectivity index is 1.88. The summed E-state index contributed by atoms with van der Waals surface area (Å²) in [7, 11) is -1.92. The molecule has 0 aliphatic carbocycles. The molecule has 1 aromatic carbocycles. The number of amides is 1. The van der Waals surface area contributed by atoms with Crippen molar-refractivity contribution in [3.05, 3.63) is 29.8 Å². The zero-order valence-corrected chi connectivity index (χ0v) is 16.4. The molecule has 0 saturated carbocycles. The van der Waals surface area contributed by atoms with Crippen molar-refractivity contribution in [2.45, 2.75) is 24.7 Å². The maximum Gasteiger partial charge on any atom is 0.251 e. The van der Waals surface area contributed by atoms with E-state index in [-0.39, 0.29) is 10.8 Å². The van der Waals surface area contributed by atoms with E-state index in [1.165, 1.54) is 16.4 Å². The maximum absolute atomic E-state index is 12.5. The molecule has 1 aromatic rings. The normalized spacial score (nSPS) is 16.0. The number of nitrogens with zero attached hydrogens (tertiary/aromatic N) is 2. The number of hydrogen-bond donors (Lipinski definition) is 1. The Morgan fingerprint density at radius 2 is 1.88 bits per heavy atom. The third-order valence-corrected chi connectivity index (χ3v) is 6.34. The van der Waals surface area contributed by atoms with Gasteiger partial charge in [0, 0.05) is 45.3 Å². The number of benzene rings is 1. The van der Waals surface area contributed by atoms with E-state index < -0.39 is 10.0 Å². The monoisotopic (exact) mass is 383 g/mol. The van der Waals surface area contributed by atoms with Gasteiger partial charge in [0.05, 0.1) is 18.1 Å². The van der Waals surface area contributed by atoms with Gasteiger partial charge in [-0.3, -0.25) is 9.69 Å². The first kappa shape index (κ1) is 20.8. The molecule has 1 aliphatic rings. The second-order valence-corrected chi connectivity index (χ2v) is 8.46. The first-order chi connectivity index (χ1) is 12.4. The molecular formula is C18H29N3O4S.